The van der Waals surface area contributed by atoms with Gasteiger partial charge in [-0.15, -0.1) is 11.3 Å². The van der Waals surface area contributed by atoms with Crippen LogP contribution < -0.4 is 5.73 Å². The van der Waals surface area contributed by atoms with Crippen LogP contribution >= 0.6 is 11.3 Å². The number of aryl methyl sites for hydroxylation is 1. The van der Waals surface area contributed by atoms with Gasteiger partial charge in [0.25, 0.3) is 0 Å². The highest BCUT2D eigenvalue weighted by atomic mass is 32.1. The zero-order valence-electron chi connectivity index (χ0n) is 11.6. The molecule has 0 bridgehead atoms. The van der Waals surface area contributed by atoms with Gasteiger partial charge in [0, 0.05) is 30.6 Å². The van der Waals surface area contributed by atoms with E-state index >= 15 is 0 Å². The summed E-state index contributed by atoms with van der Waals surface area (Å²) < 4.78 is 0. The molecule has 1 aromatic rings. The Morgan fingerprint density at radius 3 is 2.72 bits per heavy atom. The van der Waals surface area contributed by atoms with Crippen LogP contribution in [0.5, 0.6) is 0 Å². The van der Waals surface area contributed by atoms with Gasteiger partial charge in [-0.05, 0) is 56.9 Å². The molecule has 1 fully saturated rings. The molecule has 0 unspecified atom stereocenters. The molecule has 0 radical (unpaired) electrons. The SMILES string of the molecule is Cc1ccsc1CN(C)C1CCN(CCN)CC1. The van der Waals surface area contributed by atoms with E-state index in [4.69, 9.17) is 5.73 Å². The molecule has 1 saturated heterocycles. The van der Waals surface area contributed by atoms with Gasteiger partial charge >= 0.3 is 0 Å². The van der Waals surface area contributed by atoms with Crippen molar-refractivity contribution in [2.45, 2.75) is 32.4 Å². The molecule has 1 aromatic heterocycles. The maximum absolute atomic E-state index is 5.61. The predicted octanol–water partition coefficient (Wildman–Crippen LogP) is 1.91. The maximum atomic E-state index is 5.61. The van der Waals surface area contributed by atoms with Crippen LogP contribution in [0, 0.1) is 6.92 Å². The van der Waals surface area contributed by atoms with Gasteiger partial charge in [-0.3, -0.25) is 4.90 Å². The van der Waals surface area contributed by atoms with Crippen molar-refractivity contribution < 1.29 is 0 Å². The zero-order chi connectivity index (χ0) is 13.0. The number of nitrogens with zero attached hydrogens (tertiary/aromatic N) is 2. The van der Waals surface area contributed by atoms with Gasteiger partial charge in [0.1, 0.15) is 0 Å². The summed E-state index contributed by atoms with van der Waals surface area (Å²) in [4.78, 5) is 6.53. The second-order valence-electron chi connectivity index (χ2n) is 5.30. The van der Waals surface area contributed by atoms with Gasteiger partial charge in [0.2, 0.25) is 0 Å². The fourth-order valence-corrected chi connectivity index (χ4v) is 3.66. The summed E-state index contributed by atoms with van der Waals surface area (Å²) >= 11 is 1.88. The topological polar surface area (TPSA) is 32.5 Å². The van der Waals surface area contributed by atoms with Crippen LogP contribution in [-0.4, -0.2) is 49.1 Å². The number of hydrogen-bond donors (Lipinski definition) is 1. The van der Waals surface area contributed by atoms with Gasteiger partial charge in [0.15, 0.2) is 0 Å². The number of thiophene rings is 1. The van der Waals surface area contributed by atoms with Crippen LogP contribution in [0.1, 0.15) is 23.3 Å². The van der Waals surface area contributed by atoms with Gasteiger partial charge in [-0.1, -0.05) is 0 Å². The molecule has 0 amide bonds. The van der Waals surface area contributed by atoms with Crippen LogP contribution in [0.4, 0.5) is 0 Å². The van der Waals surface area contributed by atoms with Crippen molar-refractivity contribution in [2.24, 2.45) is 5.73 Å². The summed E-state index contributed by atoms with van der Waals surface area (Å²) in [6.07, 6.45) is 2.56. The average molecular weight is 267 g/mol. The fourth-order valence-electron chi connectivity index (χ4n) is 2.69. The smallest absolute Gasteiger partial charge is 0.0330 e. The fraction of sp³-hybridized carbons (Fsp3) is 0.714. The van der Waals surface area contributed by atoms with E-state index < -0.39 is 0 Å². The lowest BCUT2D eigenvalue weighted by Gasteiger charge is -2.36. The molecule has 102 valence electrons. The van der Waals surface area contributed by atoms with E-state index in [-0.39, 0.29) is 0 Å². The first-order valence-corrected chi connectivity index (χ1v) is 7.74. The van der Waals surface area contributed by atoms with Gasteiger partial charge in [-0.25, -0.2) is 0 Å². The van der Waals surface area contributed by atoms with E-state index in [1.54, 1.807) is 0 Å². The third-order valence-corrected chi connectivity index (χ3v) is 4.99. The summed E-state index contributed by atoms with van der Waals surface area (Å²) in [6.45, 7) is 7.56. The van der Waals surface area contributed by atoms with Crippen molar-refractivity contribution in [3.05, 3.63) is 21.9 Å². The minimum absolute atomic E-state index is 0.737. The number of piperidine rings is 1. The van der Waals surface area contributed by atoms with Crippen molar-refractivity contribution in [2.75, 3.05) is 33.2 Å². The molecule has 18 heavy (non-hydrogen) atoms. The summed E-state index contributed by atoms with van der Waals surface area (Å²) in [7, 11) is 2.27. The van der Waals surface area contributed by atoms with Crippen molar-refractivity contribution in [3.63, 3.8) is 0 Å². The minimum atomic E-state index is 0.737. The van der Waals surface area contributed by atoms with Crippen molar-refractivity contribution >= 4 is 11.3 Å². The highest BCUT2D eigenvalue weighted by Gasteiger charge is 2.22. The van der Waals surface area contributed by atoms with Crippen LogP contribution in [0.25, 0.3) is 0 Å². The first-order valence-electron chi connectivity index (χ1n) is 6.86. The third-order valence-electron chi connectivity index (χ3n) is 3.99. The Balaban J connectivity index is 1.80. The van der Waals surface area contributed by atoms with E-state index in [1.807, 2.05) is 11.3 Å². The van der Waals surface area contributed by atoms with Gasteiger partial charge in [0.05, 0.1) is 0 Å². The number of hydrogen-bond acceptors (Lipinski definition) is 4. The molecule has 1 aliphatic heterocycles. The number of rotatable bonds is 5. The van der Waals surface area contributed by atoms with Crippen molar-refractivity contribution in [1.29, 1.82) is 0 Å². The maximum Gasteiger partial charge on any atom is 0.0330 e. The van der Waals surface area contributed by atoms with Crippen LogP contribution in [0.3, 0.4) is 0 Å². The van der Waals surface area contributed by atoms with E-state index in [0.717, 1.165) is 25.7 Å². The standard InChI is InChI=1S/C14H25N3S/c1-12-5-10-18-14(12)11-16(2)13-3-7-17(8-4-13)9-6-15/h5,10,13H,3-4,6-9,11,15H2,1-2H3. The second-order valence-corrected chi connectivity index (χ2v) is 6.30. The minimum Gasteiger partial charge on any atom is -0.329 e. The van der Waals surface area contributed by atoms with E-state index in [0.29, 0.717) is 0 Å². The van der Waals surface area contributed by atoms with Crippen molar-refractivity contribution in [3.8, 4) is 0 Å². The molecule has 4 heteroatoms. The lowest BCUT2D eigenvalue weighted by atomic mass is 10.0. The Morgan fingerprint density at radius 2 is 2.17 bits per heavy atom. The average Bonchev–Trinajstić information content (AvgIpc) is 2.76. The highest BCUT2D eigenvalue weighted by molar-refractivity contribution is 7.10. The molecule has 0 spiro atoms. The van der Waals surface area contributed by atoms with E-state index in [2.05, 4.69) is 35.2 Å². The Bertz CT molecular complexity index is 356. The normalized spacial score (nSPS) is 18.7. The highest BCUT2D eigenvalue weighted by Crippen LogP contribution is 2.21. The predicted molar refractivity (Wildman–Crippen MR) is 79.0 cm³/mol. The third kappa shape index (κ3) is 3.54. The summed E-state index contributed by atoms with van der Waals surface area (Å²) in [5.41, 5.74) is 7.05. The van der Waals surface area contributed by atoms with E-state index in [9.17, 15) is 0 Å². The molecule has 0 aromatic carbocycles. The molecule has 0 atom stereocenters. The second kappa shape index (κ2) is 6.66. The van der Waals surface area contributed by atoms with Crippen LogP contribution in [0.2, 0.25) is 0 Å². The summed E-state index contributed by atoms with van der Waals surface area (Å²) in [5, 5.41) is 2.20. The molecule has 2 rings (SSSR count). The number of likely N-dealkylation sites (tertiary alicyclic amines) is 1. The molecule has 2 heterocycles. The van der Waals surface area contributed by atoms with Gasteiger partial charge in [-0.2, -0.15) is 0 Å². The lowest BCUT2D eigenvalue weighted by molar-refractivity contribution is 0.126. The Hall–Kier alpha value is -0.420. The first-order chi connectivity index (χ1) is 8.70. The summed E-state index contributed by atoms with van der Waals surface area (Å²) in [5.74, 6) is 0. The number of nitrogens with two attached hydrogens (primary N) is 1. The molecule has 3 nitrogen and oxygen atoms in total. The van der Waals surface area contributed by atoms with Gasteiger partial charge < -0.3 is 10.6 Å². The zero-order valence-corrected chi connectivity index (χ0v) is 12.4. The molecule has 0 saturated carbocycles. The van der Waals surface area contributed by atoms with Crippen LogP contribution in [-0.2, 0) is 6.54 Å². The first kappa shape index (κ1) is 14.0. The molecule has 2 N–H and O–H groups in total. The van der Waals surface area contributed by atoms with Crippen molar-refractivity contribution in [1.82, 2.24) is 9.80 Å². The summed E-state index contributed by atoms with van der Waals surface area (Å²) in [6, 6.07) is 2.96. The Morgan fingerprint density at radius 1 is 1.44 bits per heavy atom. The Kier molecular flexibility index (Phi) is 5.18. The monoisotopic (exact) mass is 267 g/mol. The quantitative estimate of drug-likeness (QED) is 0.884. The largest absolute Gasteiger partial charge is 0.329 e. The van der Waals surface area contributed by atoms with E-state index in [1.165, 1.54) is 36.4 Å². The Labute approximate surface area is 115 Å². The molecular weight excluding hydrogens is 242 g/mol. The molecule has 0 aliphatic carbocycles. The molecule has 1 aliphatic rings. The molecular formula is C14H25N3S. The van der Waals surface area contributed by atoms with Crippen LogP contribution in [0.15, 0.2) is 11.4 Å². The lowest BCUT2D eigenvalue weighted by Crippen LogP contribution is -2.44.